The zero-order valence-corrected chi connectivity index (χ0v) is 14.9. The first kappa shape index (κ1) is 18.6. The Morgan fingerprint density at radius 3 is 2.55 bits per heavy atom. The van der Waals surface area contributed by atoms with Gasteiger partial charge < -0.3 is 20.7 Å². The number of methoxy groups -OCH3 is 1. The summed E-state index contributed by atoms with van der Waals surface area (Å²) in [4.78, 5) is 14.6. The van der Waals surface area contributed by atoms with Gasteiger partial charge in [-0.25, -0.2) is 0 Å². The Balaban J connectivity index is 2.96. The Morgan fingerprint density at radius 2 is 2.05 bits per heavy atom. The number of rotatable bonds is 6. The molecular weight excluding hydrogens is 302 g/mol. The van der Waals surface area contributed by atoms with Crippen molar-refractivity contribution in [2.45, 2.75) is 26.8 Å². The highest BCUT2D eigenvalue weighted by Crippen LogP contribution is 2.29. The van der Waals surface area contributed by atoms with Gasteiger partial charge in [0.1, 0.15) is 5.75 Å². The van der Waals surface area contributed by atoms with Crippen molar-refractivity contribution in [1.82, 2.24) is 10.2 Å². The molecule has 1 unspecified atom stereocenters. The lowest BCUT2D eigenvalue weighted by Crippen LogP contribution is -2.47. The van der Waals surface area contributed by atoms with E-state index in [4.69, 9.17) is 22.1 Å². The number of nitrogens with one attached hydrogen (secondary N) is 1. The summed E-state index contributed by atoms with van der Waals surface area (Å²) < 4.78 is 5.23. The fourth-order valence-electron chi connectivity index (χ4n) is 2.34. The van der Waals surface area contributed by atoms with Gasteiger partial charge in [-0.2, -0.15) is 0 Å². The fourth-order valence-corrected chi connectivity index (χ4v) is 2.50. The van der Waals surface area contributed by atoms with Gasteiger partial charge in [0.05, 0.1) is 23.4 Å². The average molecular weight is 328 g/mol. The fraction of sp³-hybridized carbons (Fsp3) is 0.562. The van der Waals surface area contributed by atoms with Gasteiger partial charge >= 0.3 is 0 Å². The van der Waals surface area contributed by atoms with E-state index in [0.717, 1.165) is 6.54 Å². The molecule has 124 valence electrons. The first-order valence-electron chi connectivity index (χ1n) is 7.17. The molecule has 1 atom stereocenters. The van der Waals surface area contributed by atoms with Crippen molar-refractivity contribution >= 4 is 23.2 Å². The van der Waals surface area contributed by atoms with Gasteiger partial charge in [0.25, 0.3) is 5.91 Å². The topological polar surface area (TPSA) is 67.6 Å². The third kappa shape index (κ3) is 4.52. The van der Waals surface area contributed by atoms with Gasteiger partial charge in [-0.1, -0.05) is 25.4 Å². The van der Waals surface area contributed by atoms with Gasteiger partial charge in [0.2, 0.25) is 0 Å². The van der Waals surface area contributed by atoms with E-state index in [1.54, 1.807) is 6.07 Å². The van der Waals surface area contributed by atoms with Gasteiger partial charge in [-0.3, -0.25) is 4.79 Å². The van der Waals surface area contributed by atoms with Gasteiger partial charge in [-0.15, -0.1) is 0 Å². The van der Waals surface area contributed by atoms with E-state index in [-0.39, 0.29) is 17.4 Å². The molecule has 0 saturated heterocycles. The van der Waals surface area contributed by atoms with Crippen molar-refractivity contribution in [3.8, 4) is 5.75 Å². The maximum absolute atomic E-state index is 12.5. The Bertz CT molecular complexity index is 544. The van der Waals surface area contributed by atoms with Crippen LogP contribution in [0.3, 0.4) is 0 Å². The molecular formula is C16H26ClN3O2. The lowest BCUT2D eigenvalue weighted by Gasteiger charge is -2.35. The number of nitrogen functional groups attached to an aromatic ring is 1. The molecule has 3 N–H and O–H groups in total. The molecule has 0 heterocycles. The molecule has 0 aliphatic rings. The number of benzene rings is 1. The largest absolute Gasteiger partial charge is 0.496 e. The van der Waals surface area contributed by atoms with E-state index in [9.17, 15) is 4.79 Å². The Labute approximate surface area is 137 Å². The van der Waals surface area contributed by atoms with E-state index in [0.29, 0.717) is 22.0 Å². The minimum Gasteiger partial charge on any atom is -0.496 e. The first-order chi connectivity index (χ1) is 10.1. The first-order valence-corrected chi connectivity index (χ1v) is 7.55. The van der Waals surface area contributed by atoms with Gasteiger partial charge in [0.15, 0.2) is 0 Å². The molecule has 1 aromatic rings. The summed E-state index contributed by atoms with van der Waals surface area (Å²) in [6, 6.07) is 3.08. The quantitative estimate of drug-likeness (QED) is 0.788. The summed E-state index contributed by atoms with van der Waals surface area (Å²) in [6.07, 6.45) is 0. The summed E-state index contributed by atoms with van der Waals surface area (Å²) in [5.74, 6) is 0.190. The Kier molecular flexibility index (Phi) is 6.08. The van der Waals surface area contributed by atoms with Crippen LogP contribution in [0.1, 0.15) is 31.1 Å². The van der Waals surface area contributed by atoms with Crippen LogP contribution in [0, 0.1) is 5.41 Å². The predicted octanol–water partition coefficient (Wildman–Crippen LogP) is 2.64. The molecule has 1 amide bonds. The number of anilines is 1. The molecule has 1 rings (SSSR count). The van der Waals surface area contributed by atoms with E-state index >= 15 is 0 Å². The number of carbonyl (C=O) groups is 1. The van der Waals surface area contributed by atoms with Crippen LogP contribution in [-0.2, 0) is 0 Å². The zero-order chi connectivity index (χ0) is 17.1. The normalized spacial score (nSPS) is 13.1. The standard InChI is InChI=1S/C16H26ClN3O2/c1-10(16(2,3)9-20(4)5)19-15(21)11-7-12(17)13(18)8-14(11)22-6/h7-8,10H,9,18H2,1-6H3,(H,19,21). The molecule has 5 nitrogen and oxygen atoms in total. The predicted molar refractivity (Wildman–Crippen MR) is 91.7 cm³/mol. The summed E-state index contributed by atoms with van der Waals surface area (Å²) in [6.45, 7) is 7.08. The van der Waals surface area contributed by atoms with Crippen molar-refractivity contribution in [2.75, 3.05) is 33.5 Å². The molecule has 0 fully saturated rings. The SMILES string of the molecule is COc1cc(N)c(Cl)cc1C(=O)NC(C)C(C)(C)CN(C)C. The molecule has 0 bridgehead atoms. The molecule has 0 saturated carbocycles. The number of nitrogens with zero attached hydrogens (tertiary/aromatic N) is 1. The highest BCUT2D eigenvalue weighted by atomic mass is 35.5. The molecule has 0 aliphatic carbocycles. The van der Waals surface area contributed by atoms with E-state index in [1.165, 1.54) is 13.2 Å². The van der Waals surface area contributed by atoms with E-state index in [1.807, 2.05) is 21.0 Å². The summed E-state index contributed by atoms with van der Waals surface area (Å²) in [5.41, 5.74) is 6.43. The molecule has 0 aromatic heterocycles. The van der Waals surface area contributed by atoms with Crippen LogP contribution >= 0.6 is 11.6 Å². The van der Waals surface area contributed by atoms with Crippen molar-refractivity contribution in [3.05, 3.63) is 22.7 Å². The van der Waals surface area contributed by atoms with Gasteiger partial charge in [-0.05, 0) is 32.5 Å². The van der Waals surface area contributed by atoms with Crippen molar-refractivity contribution < 1.29 is 9.53 Å². The summed E-state index contributed by atoms with van der Waals surface area (Å²) in [5, 5.41) is 3.36. The number of carbonyl (C=O) groups excluding carboxylic acids is 1. The molecule has 1 aromatic carbocycles. The number of hydrogen-bond donors (Lipinski definition) is 2. The van der Waals surface area contributed by atoms with Crippen LogP contribution in [-0.4, -0.2) is 44.6 Å². The lowest BCUT2D eigenvalue weighted by molar-refractivity contribution is 0.0882. The molecule has 0 radical (unpaired) electrons. The summed E-state index contributed by atoms with van der Waals surface area (Å²) in [7, 11) is 5.52. The van der Waals surface area contributed by atoms with Crippen LogP contribution in [0.25, 0.3) is 0 Å². The zero-order valence-electron chi connectivity index (χ0n) is 14.2. The molecule has 0 aliphatic heterocycles. The van der Waals surface area contributed by atoms with Crippen LogP contribution in [0.2, 0.25) is 5.02 Å². The highest BCUT2D eigenvalue weighted by Gasteiger charge is 2.29. The van der Waals surface area contributed by atoms with Crippen LogP contribution in [0.15, 0.2) is 12.1 Å². The number of halogens is 1. The smallest absolute Gasteiger partial charge is 0.255 e. The second-order valence-corrected chi connectivity index (χ2v) is 6.90. The number of nitrogens with two attached hydrogens (primary N) is 1. The highest BCUT2D eigenvalue weighted by molar-refractivity contribution is 6.33. The lowest BCUT2D eigenvalue weighted by atomic mass is 9.84. The van der Waals surface area contributed by atoms with Crippen LogP contribution in [0.5, 0.6) is 5.75 Å². The maximum Gasteiger partial charge on any atom is 0.255 e. The average Bonchev–Trinajstić information content (AvgIpc) is 2.39. The number of ether oxygens (including phenoxy) is 1. The Morgan fingerprint density at radius 1 is 1.45 bits per heavy atom. The molecule has 22 heavy (non-hydrogen) atoms. The molecule has 0 spiro atoms. The van der Waals surface area contributed by atoms with Crippen LogP contribution < -0.4 is 15.8 Å². The maximum atomic E-state index is 12.5. The minimum absolute atomic E-state index is 0.0246. The number of hydrogen-bond acceptors (Lipinski definition) is 4. The van der Waals surface area contributed by atoms with E-state index < -0.39 is 0 Å². The van der Waals surface area contributed by atoms with Crippen molar-refractivity contribution in [1.29, 1.82) is 0 Å². The summed E-state index contributed by atoms with van der Waals surface area (Å²) >= 11 is 6.01. The monoisotopic (exact) mass is 327 g/mol. The second kappa shape index (κ2) is 7.20. The third-order valence-corrected chi connectivity index (χ3v) is 4.13. The van der Waals surface area contributed by atoms with Crippen LogP contribution in [0.4, 0.5) is 5.69 Å². The van der Waals surface area contributed by atoms with Gasteiger partial charge in [0, 0.05) is 18.7 Å². The third-order valence-electron chi connectivity index (χ3n) is 3.81. The van der Waals surface area contributed by atoms with Crippen molar-refractivity contribution in [2.24, 2.45) is 5.41 Å². The second-order valence-electron chi connectivity index (χ2n) is 6.50. The van der Waals surface area contributed by atoms with Crippen molar-refractivity contribution in [3.63, 3.8) is 0 Å². The minimum atomic E-state index is -0.224. The number of amides is 1. The molecule has 6 heteroatoms. The Hall–Kier alpha value is -1.46. The van der Waals surface area contributed by atoms with E-state index in [2.05, 4.69) is 24.1 Å².